The molecule has 2 nitrogen and oxygen atoms in total. The van der Waals surface area contributed by atoms with Crippen molar-refractivity contribution in [3.05, 3.63) is 35.4 Å². The van der Waals surface area contributed by atoms with Gasteiger partial charge in [0.25, 0.3) is 0 Å². The van der Waals surface area contributed by atoms with E-state index in [0.717, 1.165) is 25.2 Å². The average molecular weight is 200 g/mol. The molecule has 1 heterocycles. The summed E-state index contributed by atoms with van der Waals surface area (Å²) < 4.78 is 0. The highest BCUT2D eigenvalue weighted by Crippen LogP contribution is 2.21. The minimum absolute atomic E-state index is 0.451. The van der Waals surface area contributed by atoms with Gasteiger partial charge in [-0.2, -0.15) is 0 Å². The quantitative estimate of drug-likeness (QED) is 0.686. The van der Waals surface area contributed by atoms with Crippen molar-refractivity contribution < 1.29 is 0 Å². The van der Waals surface area contributed by atoms with E-state index in [-0.39, 0.29) is 0 Å². The molecule has 0 bridgehead atoms. The zero-order valence-electron chi connectivity index (χ0n) is 9.03. The Morgan fingerprint density at radius 2 is 2.40 bits per heavy atom. The Labute approximate surface area is 91.3 Å². The van der Waals surface area contributed by atoms with Crippen LogP contribution in [0, 0.1) is 12.3 Å². The van der Waals surface area contributed by atoms with Crippen LogP contribution in [0.5, 0.6) is 0 Å². The van der Waals surface area contributed by atoms with Gasteiger partial charge in [-0.3, -0.25) is 4.90 Å². The smallest absolute Gasteiger partial charge is 0.0470 e. The molecule has 15 heavy (non-hydrogen) atoms. The van der Waals surface area contributed by atoms with Gasteiger partial charge in [-0.15, -0.1) is 6.42 Å². The number of nitrogens with one attached hydrogen (secondary N) is 1. The fourth-order valence-electron chi connectivity index (χ4n) is 2.01. The SMILES string of the molecule is C#Cc1cccc(C2CNCCN2C)c1. The van der Waals surface area contributed by atoms with Crippen LogP contribution in [0.2, 0.25) is 0 Å². The van der Waals surface area contributed by atoms with E-state index in [1.165, 1.54) is 5.56 Å². The van der Waals surface area contributed by atoms with Crippen molar-refractivity contribution in [3.63, 3.8) is 0 Å². The Hall–Kier alpha value is -1.30. The van der Waals surface area contributed by atoms with E-state index in [2.05, 4.69) is 35.3 Å². The first-order valence-corrected chi connectivity index (χ1v) is 5.29. The molecule has 2 heteroatoms. The van der Waals surface area contributed by atoms with Crippen molar-refractivity contribution >= 4 is 0 Å². The Morgan fingerprint density at radius 3 is 3.13 bits per heavy atom. The van der Waals surface area contributed by atoms with Gasteiger partial charge in [0, 0.05) is 31.2 Å². The number of terminal acetylenes is 1. The molecule has 0 radical (unpaired) electrons. The molecule has 0 aliphatic carbocycles. The molecule has 1 aliphatic heterocycles. The molecule has 1 unspecified atom stereocenters. The molecular formula is C13H16N2. The Bertz CT molecular complexity index is 378. The summed E-state index contributed by atoms with van der Waals surface area (Å²) in [4.78, 5) is 2.37. The number of likely N-dealkylation sites (N-methyl/N-ethyl adjacent to an activating group) is 1. The van der Waals surface area contributed by atoms with Gasteiger partial charge in [0.15, 0.2) is 0 Å². The highest BCUT2D eigenvalue weighted by atomic mass is 15.2. The molecule has 1 aromatic carbocycles. The fraction of sp³-hybridized carbons (Fsp3) is 0.385. The standard InChI is InChI=1S/C13H16N2/c1-3-11-5-4-6-12(9-11)13-10-14-7-8-15(13)2/h1,4-6,9,13-14H,7-8,10H2,2H3. The van der Waals surface area contributed by atoms with Crippen LogP contribution in [0.25, 0.3) is 0 Å². The van der Waals surface area contributed by atoms with Gasteiger partial charge in [-0.25, -0.2) is 0 Å². The minimum atomic E-state index is 0.451. The van der Waals surface area contributed by atoms with Crippen molar-refractivity contribution in [3.8, 4) is 12.3 Å². The first-order valence-electron chi connectivity index (χ1n) is 5.29. The summed E-state index contributed by atoms with van der Waals surface area (Å²) in [7, 11) is 2.16. The second kappa shape index (κ2) is 4.48. The minimum Gasteiger partial charge on any atom is -0.314 e. The average Bonchev–Trinajstić information content (AvgIpc) is 2.30. The highest BCUT2D eigenvalue weighted by Gasteiger charge is 2.19. The van der Waals surface area contributed by atoms with Crippen molar-refractivity contribution in [1.29, 1.82) is 0 Å². The van der Waals surface area contributed by atoms with E-state index in [9.17, 15) is 0 Å². The summed E-state index contributed by atoms with van der Waals surface area (Å²) in [6.07, 6.45) is 5.40. The van der Waals surface area contributed by atoms with Crippen LogP contribution >= 0.6 is 0 Å². The summed E-state index contributed by atoms with van der Waals surface area (Å²) in [5.74, 6) is 2.68. The summed E-state index contributed by atoms with van der Waals surface area (Å²) in [6, 6.07) is 8.71. The van der Waals surface area contributed by atoms with Gasteiger partial charge < -0.3 is 5.32 Å². The Kier molecular flexibility index (Phi) is 3.05. The van der Waals surface area contributed by atoms with Gasteiger partial charge in [0.05, 0.1) is 0 Å². The van der Waals surface area contributed by atoms with Crippen LogP contribution in [0.3, 0.4) is 0 Å². The highest BCUT2D eigenvalue weighted by molar-refractivity contribution is 5.36. The summed E-state index contributed by atoms with van der Waals surface area (Å²) >= 11 is 0. The van der Waals surface area contributed by atoms with Crippen molar-refractivity contribution in [2.45, 2.75) is 6.04 Å². The molecular weight excluding hydrogens is 184 g/mol. The molecule has 78 valence electrons. The first kappa shape index (κ1) is 10.2. The molecule has 2 rings (SSSR count). The maximum atomic E-state index is 5.40. The van der Waals surface area contributed by atoms with Crippen molar-refractivity contribution in [2.24, 2.45) is 0 Å². The maximum Gasteiger partial charge on any atom is 0.0470 e. The molecule has 1 aromatic rings. The third-order valence-electron chi connectivity index (χ3n) is 2.95. The van der Waals surface area contributed by atoms with Crippen LogP contribution in [0.1, 0.15) is 17.2 Å². The van der Waals surface area contributed by atoms with Crippen molar-refractivity contribution in [1.82, 2.24) is 10.2 Å². The molecule has 1 saturated heterocycles. The van der Waals surface area contributed by atoms with E-state index in [0.29, 0.717) is 6.04 Å². The lowest BCUT2D eigenvalue weighted by Gasteiger charge is -2.33. The number of rotatable bonds is 1. The van der Waals surface area contributed by atoms with E-state index >= 15 is 0 Å². The normalized spacial score (nSPS) is 22.3. The Morgan fingerprint density at radius 1 is 1.53 bits per heavy atom. The predicted molar refractivity (Wildman–Crippen MR) is 62.6 cm³/mol. The van der Waals surface area contributed by atoms with Crippen molar-refractivity contribution in [2.75, 3.05) is 26.7 Å². The number of piperazine rings is 1. The zero-order valence-corrected chi connectivity index (χ0v) is 9.03. The first-order chi connectivity index (χ1) is 7.31. The monoisotopic (exact) mass is 200 g/mol. The van der Waals surface area contributed by atoms with Crippen LogP contribution in [0.4, 0.5) is 0 Å². The van der Waals surface area contributed by atoms with Crippen LogP contribution in [-0.2, 0) is 0 Å². The van der Waals surface area contributed by atoms with Gasteiger partial charge in [0.1, 0.15) is 0 Å². The molecule has 1 fully saturated rings. The number of benzene rings is 1. The number of hydrogen-bond donors (Lipinski definition) is 1. The molecule has 0 aromatic heterocycles. The predicted octanol–water partition coefficient (Wildman–Crippen LogP) is 1.24. The van der Waals surface area contributed by atoms with Gasteiger partial charge >= 0.3 is 0 Å². The van der Waals surface area contributed by atoms with E-state index in [1.54, 1.807) is 0 Å². The van der Waals surface area contributed by atoms with Gasteiger partial charge in [0.2, 0.25) is 0 Å². The molecule has 1 N–H and O–H groups in total. The number of nitrogens with zero attached hydrogens (tertiary/aromatic N) is 1. The van der Waals surface area contributed by atoms with Gasteiger partial charge in [-0.05, 0) is 24.7 Å². The third kappa shape index (κ3) is 2.20. The lowest BCUT2D eigenvalue weighted by molar-refractivity contribution is 0.202. The molecule has 0 saturated carbocycles. The third-order valence-corrected chi connectivity index (χ3v) is 2.95. The lowest BCUT2D eigenvalue weighted by Crippen LogP contribution is -2.43. The summed E-state index contributed by atoms with van der Waals surface area (Å²) in [6.45, 7) is 3.16. The van der Waals surface area contributed by atoms with E-state index in [1.807, 2.05) is 12.1 Å². The Balaban J connectivity index is 2.24. The second-order valence-corrected chi connectivity index (χ2v) is 3.97. The largest absolute Gasteiger partial charge is 0.314 e. The van der Waals surface area contributed by atoms with E-state index in [4.69, 9.17) is 6.42 Å². The van der Waals surface area contributed by atoms with Gasteiger partial charge in [-0.1, -0.05) is 18.1 Å². The number of hydrogen-bond acceptors (Lipinski definition) is 2. The summed E-state index contributed by atoms with van der Waals surface area (Å²) in [5, 5.41) is 3.41. The van der Waals surface area contributed by atoms with Crippen LogP contribution in [0.15, 0.2) is 24.3 Å². The summed E-state index contributed by atoms with van der Waals surface area (Å²) in [5.41, 5.74) is 2.27. The topological polar surface area (TPSA) is 15.3 Å². The maximum absolute atomic E-state index is 5.40. The second-order valence-electron chi connectivity index (χ2n) is 3.97. The van der Waals surface area contributed by atoms with Crippen LogP contribution in [-0.4, -0.2) is 31.6 Å². The molecule has 0 amide bonds. The van der Waals surface area contributed by atoms with Crippen LogP contribution < -0.4 is 5.32 Å². The molecule has 1 atom stereocenters. The zero-order chi connectivity index (χ0) is 10.7. The molecule has 0 spiro atoms. The fourth-order valence-corrected chi connectivity index (χ4v) is 2.01. The lowest BCUT2D eigenvalue weighted by atomic mass is 10.0. The van der Waals surface area contributed by atoms with E-state index < -0.39 is 0 Å². The molecule has 1 aliphatic rings.